The van der Waals surface area contributed by atoms with Crippen LogP contribution < -0.4 is 0 Å². The molecule has 0 aliphatic heterocycles. The third-order valence-corrected chi connectivity index (χ3v) is 12.0. The third kappa shape index (κ3) is 3.70. The first-order valence-electron chi connectivity index (χ1n) is 9.73. The summed E-state index contributed by atoms with van der Waals surface area (Å²) in [6.07, 6.45) is 4.79. The molecule has 1 aromatic carbocycles. The molecule has 2 rings (SSSR count). The van der Waals surface area contributed by atoms with Crippen molar-refractivity contribution in [1.29, 1.82) is 0 Å². The van der Waals surface area contributed by atoms with E-state index in [2.05, 4.69) is 78.8 Å². The van der Waals surface area contributed by atoms with E-state index in [1.165, 1.54) is 23.1 Å². The van der Waals surface area contributed by atoms with Gasteiger partial charge in [0.2, 0.25) is 0 Å². The van der Waals surface area contributed by atoms with Crippen LogP contribution in [0.3, 0.4) is 0 Å². The van der Waals surface area contributed by atoms with Crippen LogP contribution in [-0.2, 0) is 10.8 Å². The van der Waals surface area contributed by atoms with E-state index in [0.29, 0.717) is 22.5 Å². The van der Waals surface area contributed by atoms with Crippen LogP contribution in [0.25, 0.3) is 5.57 Å². The lowest BCUT2D eigenvalue weighted by Gasteiger charge is -2.43. The van der Waals surface area contributed by atoms with Gasteiger partial charge in [0, 0.05) is 12.5 Å². The Morgan fingerprint density at radius 1 is 0.917 bits per heavy atom. The van der Waals surface area contributed by atoms with Crippen LogP contribution in [-0.4, -0.2) is 14.9 Å². The van der Waals surface area contributed by atoms with E-state index >= 15 is 0 Å². The minimum Gasteiger partial charge on any atom is -0.415 e. The molecule has 0 saturated heterocycles. The van der Waals surface area contributed by atoms with Gasteiger partial charge in [-0.25, -0.2) is 0 Å². The Morgan fingerprint density at radius 3 is 2.08 bits per heavy atom. The van der Waals surface area contributed by atoms with Crippen LogP contribution >= 0.6 is 0 Å². The molecule has 1 nitrogen and oxygen atoms in total. The van der Waals surface area contributed by atoms with Gasteiger partial charge in [-0.05, 0) is 46.2 Å². The normalized spacial score (nSPS) is 16.5. The molecule has 0 fully saturated rings. The Balaban J connectivity index is 2.17. The monoisotopic (exact) mass is 344 g/mol. The zero-order valence-electron chi connectivity index (χ0n) is 16.7. The summed E-state index contributed by atoms with van der Waals surface area (Å²) in [6.45, 7) is 17.4. The summed E-state index contributed by atoms with van der Waals surface area (Å²) in [6, 6.07) is 8.90. The fourth-order valence-electron chi connectivity index (χ4n) is 4.84. The van der Waals surface area contributed by atoms with E-state index in [4.69, 9.17) is 4.43 Å². The second kappa shape index (κ2) is 8.01. The molecular weight excluding hydrogens is 308 g/mol. The minimum atomic E-state index is -1.77. The van der Waals surface area contributed by atoms with Crippen molar-refractivity contribution in [2.24, 2.45) is 5.92 Å². The van der Waals surface area contributed by atoms with Crippen LogP contribution in [0.1, 0.15) is 66.0 Å². The quantitative estimate of drug-likeness (QED) is 0.492. The Hall–Kier alpha value is -0.863. The molecule has 1 aromatic rings. The molecule has 1 atom stereocenters. The fraction of sp³-hybridized carbons (Fsp3) is 0.636. The van der Waals surface area contributed by atoms with Crippen molar-refractivity contribution in [3.05, 3.63) is 41.5 Å². The number of rotatable bonds is 7. The summed E-state index contributed by atoms with van der Waals surface area (Å²) in [7, 11) is -1.77. The number of hydrogen-bond donors (Lipinski definition) is 0. The van der Waals surface area contributed by atoms with Crippen molar-refractivity contribution in [3.63, 3.8) is 0 Å². The topological polar surface area (TPSA) is 9.23 Å². The van der Waals surface area contributed by atoms with E-state index in [1.54, 1.807) is 0 Å². The first kappa shape index (κ1) is 19.5. The molecule has 24 heavy (non-hydrogen) atoms. The number of hydrogen-bond acceptors (Lipinski definition) is 1. The summed E-state index contributed by atoms with van der Waals surface area (Å²) in [4.78, 5) is 0. The lowest BCUT2D eigenvalue weighted by atomic mass is 9.85. The van der Waals surface area contributed by atoms with Gasteiger partial charge in [-0.3, -0.25) is 0 Å². The number of fused-ring (bicyclic) bond motifs is 1. The summed E-state index contributed by atoms with van der Waals surface area (Å²) >= 11 is 0. The maximum Gasteiger partial charge on any atom is 0.200 e. The van der Waals surface area contributed by atoms with E-state index in [-0.39, 0.29) is 0 Å². The van der Waals surface area contributed by atoms with Crippen LogP contribution in [0.15, 0.2) is 30.3 Å². The highest BCUT2D eigenvalue weighted by atomic mass is 28.4. The van der Waals surface area contributed by atoms with Crippen molar-refractivity contribution in [1.82, 2.24) is 0 Å². The summed E-state index contributed by atoms with van der Waals surface area (Å²) in [5.41, 5.74) is 6.40. The van der Waals surface area contributed by atoms with Gasteiger partial charge in [-0.1, -0.05) is 78.8 Å². The van der Waals surface area contributed by atoms with Gasteiger partial charge < -0.3 is 4.43 Å². The van der Waals surface area contributed by atoms with Crippen molar-refractivity contribution in [2.75, 3.05) is 6.61 Å². The molecule has 0 bridgehead atoms. The number of allylic oxidation sites excluding steroid dienone is 1. The van der Waals surface area contributed by atoms with Gasteiger partial charge in [0.25, 0.3) is 0 Å². The van der Waals surface area contributed by atoms with Gasteiger partial charge in [-0.2, -0.15) is 0 Å². The number of aryl methyl sites for hydroxylation is 1. The summed E-state index contributed by atoms with van der Waals surface area (Å²) in [5.74, 6) is 0.467. The van der Waals surface area contributed by atoms with Gasteiger partial charge in [0.05, 0.1) is 0 Å². The zero-order valence-corrected chi connectivity index (χ0v) is 17.7. The smallest absolute Gasteiger partial charge is 0.200 e. The highest BCUT2D eigenvalue weighted by Gasteiger charge is 2.45. The van der Waals surface area contributed by atoms with E-state index in [1.807, 2.05) is 0 Å². The van der Waals surface area contributed by atoms with E-state index in [0.717, 1.165) is 13.0 Å². The number of benzene rings is 1. The van der Waals surface area contributed by atoms with Gasteiger partial charge >= 0.3 is 0 Å². The van der Waals surface area contributed by atoms with Crippen molar-refractivity contribution >= 4 is 13.9 Å². The van der Waals surface area contributed by atoms with Gasteiger partial charge in [-0.15, -0.1) is 0 Å². The lowest BCUT2D eigenvalue weighted by molar-refractivity contribution is 0.253. The van der Waals surface area contributed by atoms with Crippen molar-refractivity contribution < 1.29 is 4.43 Å². The second-order valence-electron chi connectivity index (χ2n) is 8.38. The Kier molecular flexibility index (Phi) is 6.50. The Morgan fingerprint density at radius 2 is 1.50 bits per heavy atom. The van der Waals surface area contributed by atoms with Crippen molar-refractivity contribution in [3.8, 4) is 0 Å². The molecule has 1 unspecified atom stereocenters. The molecule has 0 heterocycles. The molecule has 2 heteroatoms. The first-order chi connectivity index (χ1) is 11.3. The molecule has 0 radical (unpaired) electrons. The Labute approximate surface area is 150 Å². The Bertz CT molecular complexity index is 549. The lowest BCUT2D eigenvalue weighted by Crippen LogP contribution is -2.48. The molecule has 0 aromatic heterocycles. The zero-order chi connectivity index (χ0) is 17.9. The molecule has 134 valence electrons. The minimum absolute atomic E-state index is 0.467. The summed E-state index contributed by atoms with van der Waals surface area (Å²) in [5, 5.41) is 0. The van der Waals surface area contributed by atoms with Crippen LogP contribution in [0.5, 0.6) is 0 Å². The maximum atomic E-state index is 6.84. The van der Waals surface area contributed by atoms with Gasteiger partial charge in [0.15, 0.2) is 8.32 Å². The third-order valence-electron chi connectivity index (χ3n) is 5.93. The predicted octanol–water partition coefficient (Wildman–Crippen LogP) is 6.84. The summed E-state index contributed by atoms with van der Waals surface area (Å²) < 4.78 is 6.84. The largest absolute Gasteiger partial charge is 0.415 e. The standard InChI is InChI=1S/C22H36OSi/c1-16(2)24(17(3)4,18(5)6)23-15-19(7)21-14-10-12-20-11-8-9-13-22(20)21/h8-9,11,13-14,16-19H,10,12,15H2,1-7H3. The maximum absolute atomic E-state index is 6.84. The van der Waals surface area contributed by atoms with Crippen molar-refractivity contribution in [2.45, 2.75) is 77.9 Å². The van der Waals surface area contributed by atoms with Crippen LogP contribution in [0, 0.1) is 5.92 Å². The van der Waals surface area contributed by atoms with Gasteiger partial charge in [0.1, 0.15) is 0 Å². The van der Waals surface area contributed by atoms with Crippen LogP contribution in [0.4, 0.5) is 0 Å². The highest BCUT2D eigenvalue weighted by molar-refractivity contribution is 6.77. The molecule has 0 N–H and O–H groups in total. The predicted molar refractivity (Wildman–Crippen MR) is 109 cm³/mol. The molecule has 0 amide bonds. The van der Waals surface area contributed by atoms with Crippen LogP contribution in [0.2, 0.25) is 16.6 Å². The SMILES string of the molecule is CC(CO[Si](C(C)C)(C(C)C)C(C)C)C1=CCCc2ccccc21. The average molecular weight is 345 g/mol. The fourth-order valence-corrected chi connectivity index (χ4v) is 10.4. The van der Waals surface area contributed by atoms with E-state index in [9.17, 15) is 0 Å². The first-order valence-corrected chi connectivity index (χ1v) is 11.9. The average Bonchev–Trinajstić information content (AvgIpc) is 2.53. The van der Waals surface area contributed by atoms with E-state index < -0.39 is 8.32 Å². The molecule has 0 spiro atoms. The second-order valence-corrected chi connectivity index (χ2v) is 13.8. The molecule has 0 saturated carbocycles. The molecule has 1 aliphatic rings. The highest BCUT2D eigenvalue weighted by Crippen LogP contribution is 2.43. The molecular formula is C22H36OSi. The molecule has 1 aliphatic carbocycles.